The highest BCUT2D eigenvalue weighted by Gasteiger charge is 2.47. The van der Waals surface area contributed by atoms with Crippen LogP contribution >= 0.6 is 0 Å². The molecule has 372 valence electrons. The summed E-state index contributed by atoms with van der Waals surface area (Å²) in [5.41, 5.74) is -28.7. The van der Waals surface area contributed by atoms with E-state index >= 15 is 0 Å². The lowest BCUT2D eigenvalue weighted by atomic mass is 9.12. The lowest BCUT2D eigenvalue weighted by Crippen LogP contribution is -2.75. The molecule has 0 aliphatic heterocycles. The van der Waals surface area contributed by atoms with Gasteiger partial charge in [0.25, 0.3) is 0 Å². The van der Waals surface area contributed by atoms with Gasteiger partial charge in [-0.25, -0.2) is 0 Å². The van der Waals surface area contributed by atoms with Crippen LogP contribution in [0.1, 0.15) is 57.0 Å². The van der Waals surface area contributed by atoms with Crippen molar-refractivity contribution in [2.45, 2.75) is 62.1 Å². The number of halogens is 24. The minimum atomic E-state index is -6.13. The highest BCUT2D eigenvalue weighted by atomic mass is 32.2. The summed E-state index contributed by atoms with van der Waals surface area (Å²) in [5.74, 6) is 2.55. The molecule has 68 heavy (non-hydrogen) atoms. The van der Waals surface area contributed by atoms with Gasteiger partial charge in [0.15, 0.2) is 0 Å². The Balaban J connectivity index is 0.000000802. The summed E-state index contributed by atoms with van der Waals surface area (Å²) in [6, 6.07) is 1.90. The highest BCUT2D eigenvalue weighted by Crippen LogP contribution is 2.41. The molecule has 0 saturated heterocycles. The van der Waals surface area contributed by atoms with Gasteiger partial charge < -0.3 is 0 Å². The Morgan fingerprint density at radius 3 is 0.676 bits per heavy atom. The molecule has 1 unspecified atom stereocenters. The van der Waals surface area contributed by atoms with Gasteiger partial charge in [0.2, 0.25) is 0 Å². The predicted molar refractivity (Wildman–Crippen MR) is 204 cm³/mol. The zero-order valence-corrected chi connectivity index (χ0v) is 34.6. The summed E-state index contributed by atoms with van der Waals surface area (Å²) in [4.78, 5) is 0. The van der Waals surface area contributed by atoms with Crippen molar-refractivity contribution in [3.8, 4) is 0 Å². The molecule has 0 amide bonds. The van der Waals surface area contributed by atoms with Crippen LogP contribution in [0.4, 0.5) is 105 Å². The number of rotatable bonds is 7. The van der Waals surface area contributed by atoms with Crippen LogP contribution in [0.15, 0.2) is 103 Å². The van der Waals surface area contributed by atoms with Crippen LogP contribution in [0.25, 0.3) is 0 Å². The lowest BCUT2D eigenvalue weighted by Gasteiger charge is -2.46. The highest BCUT2D eigenvalue weighted by molar-refractivity contribution is 7.95. The molecule has 5 aromatic rings. The maximum Gasteiger partial charge on any atom is 0.416 e. The first-order chi connectivity index (χ1) is 30.6. The minimum absolute atomic E-state index is 0.572. The van der Waals surface area contributed by atoms with E-state index in [0.717, 1.165) is 0 Å². The van der Waals surface area contributed by atoms with Crippen molar-refractivity contribution in [3.05, 3.63) is 153 Å². The molecule has 5 aromatic carbocycles. The van der Waals surface area contributed by atoms with Gasteiger partial charge in [0, 0.05) is 5.56 Å². The maximum absolute atomic E-state index is 14.2. The van der Waals surface area contributed by atoms with Crippen LogP contribution < -0.4 is 21.9 Å². The summed E-state index contributed by atoms with van der Waals surface area (Å²) in [7, 11) is 0.572. The summed E-state index contributed by atoms with van der Waals surface area (Å²) >= 11 is 0. The standard InChI is InChI=1S/C32H12BF24.C10H15S/c34-25(35,36)13-1-14(26(37,38)39)6-21(5-13)33(22-7-15(27(40,41)42)2-16(8-22)28(43,44)45,23-9-17(29(46,47)48)3-18(10-23)30(49,50)51)24-11-19(31(52,53)54)4-20(12-24)32(55,56)57;1-3-11(2)9-10-7-5-4-6-8-10/h1-12H;4-8H,3,9H2,1-2H3/q-1;+1. The second kappa shape index (κ2) is 19.0. The van der Waals surface area contributed by atoms with Gasteiger partial charge in [-0.15, -0.1) is 0 Å². The molecule has 0 heterocycles. The topological polar surface area (TPSA) is 0 Å². The van der Waals surface area contributed by atoms with Crippen molar-refractivity contribution in [1.82, 2.24) is 0 Å². The average molecular weight is 1030 g/mol. The average Bonchev–Trinajstić information content (AvgIpc) is 3.19. The van der Waals surface area contributed by atoms with Crippen molar-refractivity contribution in [2.24, 2.45) is 0 Å². The van der Waals surface area contributed by atoms with Gasteiger partial charge >= 0.3 is 49.4 Å². The smallest absolute Gasteiger partial charge is 0.194 e. The van der Waals surface area contributed by atoms with E-state index in [9.17, 15) is 105 Å². The zero-order valence-electron chi connectivity index (χ0n) is 33.8. The molecular weight excluding hydrogens is 1000 g/mol. The number of hydrogen-bond donors (Lipinski definition) is 0. The predicted octanol–water partition coefficient (Wildman–Crippen LogP) is 13.7. The Kier molecular flexibility index (Phi) is 15.5. The van der Waals surface area contributed by atoms with Crippen molar-refractivity contribution < 1.29 is 105 Å². The van der Waals surface area contributed by atoms with Crippen molar-refractivity contribution in [1.29, 1.82) is 0 Å². The molecule has 0 N–H and O–H groups in total. The van der Waals surface area contributed by atoms with Gasteiger partial charge in [0.1, 0.15) is 17.7 Å². The van der Waals surface area contributed by atoms with Gasteiger partial charge in [-0.1, -0.05) is 78.9 Å². The first kappa shape index (κ1) is 55.4. The Morgan fingerprint density at radius 2 is 0.515 bits per heavy atom. The van der Waals surface area contributed by atoms with Gasteiger partial charge in [-0.3, -0.25) is 0 Å². The van der Waals surface area contributed by atoms with Crippen LogP contribution in [0.5, 0.6) is 0 Å². The Hall–Kier alpha value is -5.17. The first-order valence-electron chi connectivity index (χ1n) is 18.6. The first-order valence-corrected chi connectivity index (χ1v) is 20.5. The minimum Gasteiger partial charge on any atom is -0.194 e. The molecular formula is C42H27BF24S. The number of benzene rings is 5. The van der Waals surface area contributed by atoms with Gasteiger partial charge in [-0.2, -0.15) is 127 Å². The molecule has 0 bridgehead atoms. The van der Waals surface area contributed by atoms with Crippen LogP contribution in [0.2, 0.25) is 0 Å². The largest absolute Gasteiger partial charge is 0.416 e. The third-order valence-corrected chi connectivity index (χ3v) is 12.0. The molecule has 0 aliphatic rings. The maximum atomic E-state index is 14.2. The zero-order chi connectivity index (χ0) is 52.0. The van der Waals surface area contributed by atoms with Gasteiger partial charge in [0.05, 0.1) is 50.8 Å². The molecule has 0 radical (unpaired) electrons. The van der Waals surface area contributed by atoms with Crippen LogP contribution in [-0.2, 0) is 66.1 Å². The third kappa shape index (κ3) is 13.1. The SMILES string of the molecule is CC[S+](C)Cc1ccccc1.FC(F)(F)c1cc([B-](c2cc(C(F)(F)F)cc(C(F)(F)F)c2)(c2cc(C(F)(F)F)cc(C(F)(F)F)c2)c2cc(C(F)(F)F)cc(C(F)(F)F)c2)cc(C(F)(F)F)c1. The second-order valence-electron chi connectivity index (χ2n) is 14.9. The Bertz CT molecular complexity index is 2100. The van der Waals surface area contributed by atoms with E-state index < -0.39 is 195 Å². The van der Waals surface area contributed by atoms with Crippen LogP contribution in [0.3, 0.4) is 0 Å². The van der Waals surface area contributed by atoms with E-state index in [4.69, 9.17) is 0 Å². The quantitative estimate of drug-likeness (QED) is 0.0866. The molecule has 1 atom stereocenters. The Labute approximate surface area is 371 Å². The molecule has 0 spiro atoms. The fraction of sp³-hybridized carbons (Fsp3) is 0.286. The van der Waals surface area contributed by atoms with E-state index in [1.54, 1.807) is 0 Å². The number of hydrogen-bond acceptors (Lipinski definition) is 0. The summed E-state index contributed by atoms with van der Waals surface area (Å²) in [6.07, 6.45) is -52.5. The number of alkyl halides is 24. The molecule has 0 nitrogen and oxygen atoms in total. The Morgan fingerprint density at radius 1 is 0.324 bits per heavy atom. The van der Waals surface area contributed by atoms with Crippen LogP contribution in [0, 0.1) is 0 Å². The summed E-state index contributed by atoms with van der Waals surface area (Å²) in [6.45, 7) is 2.26. The molecule has 0 fully saturated rings. The van der Waals surface area contributed by atoms with Crippen LogP contribution in [-0.4, -0.2) is 18.2 Å². The lowest BCUT2D eigenvalue weighted by molar-refractivity contribution is -0.144. The third-order valence-electron chi connectivity index (χ3n) is 10.2. The molecule has 0 aliphatic carbocycles. The van der Waals surface area contributed by atoms with Gasteiger partial charge in [-0.05, 0) is 42.1 Å². The van der Waals surface area contributed by atoms with Crippen molar-refractivity contribution in [3.63, 3.8) is 0 Å². The molecule has 5 rings (SSSR count). The monoisotopic (exact) mass is 1030 g/mol. The normalized spacial score (nSPS) is 14.1. The van der Waals surface area contributed by atoms with E-state index in [0.29, 0.717) is 10.9 Å². The summed E-state index contributed by atoms with van der Waals surface area (Å²) in [5, 5.41) is 0. The molecule has 26 heteroatoms. The van der Waals surface area contributed by atoms with Crippen molar-refractivity contribution in [2.75, 3.05) is 12.0 Å². The molecule has 0 saturated carbocycles. The van der Waals surface area contributed by atoms with Crippen molar-refractivity contribution >= 4 is 38.9 Å². The fourth-order valence-electron chi connectivity index (χ4n) is 7.03. The second-order valence-corrected chi connectivity index (χ2v) is 17.4. The molecule has 0 aromatic heterocycles. The van der Waals surface area contributed by atoms with E-state index in [2.05, 4.69) is 43.5 Å². The summed E-state index contributed by atoms with van der Waals surface area (Å²) < 4.78 is 341. The van der Waals surface area contributed by atoms with E-state index in [-0.39, 0.29) is 0 Å². The fourth-order valence-corrected chi connectivity index (χ4v) is 8.00. The van der Waals surface area contributed by atoms with E-state index in [1.165, 1.54) is 17.1 Å². The van der Waals surface area contributed by atoms with E-state index in [1.807, 2.05) is 0 Å².